The van der Waals surface area contributed by atoms with Crippen molar-refractivity contribution in [3.8, 4) is 5.75 Å². The highest BCUT2D eigenvalue weighted by molar-refractivity contribution is 9.10. The maximum absolute atomic E-state index is 14.3. The second kappa shape index (κ2) is 8.21. The van der Waals surface area contributed by atoms with Crippen LogP contribution in [-0.2, 0) is 12.1 Å². The minimum absolute atomic E-state index is 0.216. The van der Waals surface area contributed by atoms with Crippen LogP contribution in [0, 0.1) is 5.82 Å². The summed E-state index contributed by atoms with van der Waals surface area (Å²) < 4.78 is 96.6. The number of anilines is 1. The molecule has 158 valence electrons. The minimum Gasteiger partial charge on any atom is -0.434 e. The molecule has 0 fully saturated rings. The predicted molar refractivity (Wildman–Crippen MR) is 94.1 cm³/mol. The number of nitrogens with two attached hydrogens (primary N) is 1. The molecule has 0 amide bonds. The van der Waals surface area contributed by atoms with Gasteiger partial charge in [-0.1, -0.05) is 22.0 Å². The molecule has 0 spiro atoms. The fourth-order valence-corrected chi connectivity index (χ4v) is 3.02. The minimum atomic E-state index is -5.34. The van der Waals surface area contributed by atoms with Crippen molar-refractivity contribution < 1.29 is 40.3 Å². The maximum atomic E-state index is 14.3. The van der Waals surface area contributed by atoms with Crippen molar-refractivity contribution in [1.82, 2.24) is 0 Å². The quantitative estimate of drug-likeness (QED) is 0.311. The number of ether oxygens (including phenoxy) is 1. The number of rotatable bonds is 6. The van der Waals surface area contributed by atoms with Crippen LogP contribution in [0.3, 0.4) is 0 Å². The Bertz CT molecular complexity index is 929. The maximum Gasteiger partial charge on any atom is 0.426 e. The summed E-state index contributed by atoms with van der Waals surface area (Å²) in [4.78, 5) is 12.4. The Kier molecular flexibility index (Phi) is 6.51. The molecule has 0 saturated heterocycles. The summed E-state index contributed by atoms with van der Waals surface area (Å²) in [7, 11) is 0. The van der Waals surface area contributed by atoms with Crippen molar-refractivity contribution in [2.45, 2.75) is 31.8 Å². The van der Waals surface area contributed by atoms with Crippen molar-refractivity contribution in [3.05, 3.63) is 57.3 Å². The van der Waals surface area contributed by atoms with Crippen molar-refractivity contribution in [2.24, 2.45) is 0 Å². The Balaban J connectivity index is 2.54. The van der Waals surface area contributed by atoms with Crippen molar-refractivity contribution in [2.75, 3.05) is 5.73 Å². The zero-order valence-electron chi connectivity index (χ0n) is 14.6. The summed E-state index contributed by atoms with van der Waals surface area (Å²) in [5.74, 6) is -2.79. The van der Waals surface area contributed by atoms with E-state index in [2.05, 4.69) is 20.7 Å². The van der Waals surface area contributed by atoms with E-state index in [4.69, 9.17) is 5.73 Å². The largest absolute Gasteiger partial charge is 0.434 e. The highest BCUT2D eigenvalue weighted by Gasteiger charge is 2.53. The summed E-state index contributed by atoms with van der Waals surface area (Å²) in [5, 5.41) is 0. The number of Topliss-reactive ketones (excluding diaryl/α,β-unsaturated/α-hetero) is 1. The highest BCUT2D eigenvalue weighted by atomic mass is 79.9. The molecule has 0 radical (unpaired) electrons. The number of hydrogen-bond acceptors (Lipinski definition) is 3. The highest BCUT2D eigenvalue weighted by Crippen LogP contribution is 2.45. The van der Waals surface area contributed by atoms with Gasteiger partial charge in [0, 0.05) is 22.0 Å². The molecule has 0 saturated carbocycles. The zero-order valence-corrected chi connectivity index (χ0v) is 16.2. The average Bonchev–Trinajstić information content (AvgIpc) is 2.58. The monoisotopic (exact) mass is 487 g/mol. The Morgan fingerprint density at radius 2 is 1.83 bits per heavy atom. The van der Waals surface area contributed by atoms with Crippen molar-refractivity contribution in [1.29, 1.82) is 0 Å². The van der Waals surface area contributed by atoms with Crippen LogP contribution >= 0.6 is 15.9 Å². The van der Waals surface area contributed by atoms with Crippen LogP contribution in [0.1, 0.15) is 28.4 Å². The van der Waals surface area contributed by atoms with E-state index in [0.29, 0.717) is 12.1 Å². The average molecular weight is 488 g/mol. The molecule has 2 rings (SSSR count). The van der Waals surface area contributed by atoms with Gasteiger partial charge in [0.05, 0.1) is 11.3 Å². The number of hydrogen-bond donors (Lipinski definition) is 1. The molecule has 1 unspecified atom stereocenters. The molecule has 3 nitrogen and oxygen atoms in total. The van der Waals surface area contributed by atoms with E-state index in [1.807, 2.05) is 0 Å². The molecular weight excluding hydrogens is 475 g/mol. The van der Waals surface area contributed by atoms with E-state index in [1.54, 1.807) is 0 Å². The summed E-state index contributed by atoms with van der Waals surface area (Å²) in [6, 6.07) is 4.72. The van der Waals surface area contributed by atoms with Gasteiger partial charge in [0.25, 0.3) is 0 Å². The number of ketones is 1. The predicted octanol–water partition coefficient (Wildman–Crippen LogP) is 5.94. The Labute approximate surface area is 168 Å². The van der Waals surface area contributed by atoms with E-state index in [0.717, 1.165) is 6.07 Å². The number of nitrogen functional groups attached to an aromatic ring is 1. The van der Waals surface area contributed by atoms with Gasteiger partial charge in [-0.15, -0.1) is 0 Å². The second-order valence-electron chi connectivity index (χ2n) is 6.12. The Morgan fingerprint density at radius 1 is 1.21 bits per heavy atom. The van der Waals surface area contributed by atoms with Crippen LogP contribution in [0.15, 0.2) is 34.8 Å². The van der Waals surface area contributed by atoms with Crippen molar-refractivity contribution in [3.63, 3.8) is 0 Å². The molecule has 11 heteroatoms. The van der Waals surface area contributed by atoms with E-state index in [1.165, 1.54) is 12.1 Å². The third-order valence-corrected chi connectivity index (χ3v) is 4.82. The van der Waals surface area contributed by atoms with Gasteiger partial charge >= 0.3 is 12.8 Å². The van der Waals surface area contributed by atoms with Crippen LogP contribution in [0.4, 0.5) is 36.4 Å². The SMILES string of the molecule is CC(F)(c1cc(Br)c(CC(=O)c2cccc(N)c2F)c(OC(F)F)c1)C(F)(F)F. The molecule has 1 atom stereocenters. The lowest BCUT2D eigenvalue weighted by Crippen LogP contribution is -2.35. The lowest BCUT2D eigenvalue weighted by Gasteiger charge is -2.25. The number of carbonyl (C=O) groups excluding carboxylic acids is 1. The fourth-order valence-electron chi connectivity index (χ4n) is 2.44. The van der Waals surface area contributed by atoms with Crippen LogP contribution in [0.2, 0.25) is 0 Å². The second-order valence-corrected chi connectivity index (χ2v) is 6.98. The van der Waals surface area contributed by atoms with Gasteiger partial charge in [-0.3, -0.25) is 4.79 Å². The summed E-state index contributed by atoms with van der Waals surface area (Å²) in [6.45, 7) is -3.25. The zero-order chi connectivity index (χ0) is 22.1. The lowest BCUT2D eigenvalue weighted by molar-refractivity contribution is -0.228. The van der Waals surface area contributed by atoms with Gasteiger partial charge in [0.1, 0.15) is 5.75 Å². The Morgan fingerprint density at radius 3 is 2.38 bits per heavy atom. The molecule has 0 aliphatic heterocycles. The third-order valence-electron chi connectivity index (χ3n) is 4.11. The molecule has 0 aliphatic rings. The molecule has 2 N–H and O–H groups in total. The van der Waals surface area contributed by atoms with Crippen LogP contribution < -0.4 is 10.5 Å². The molecule has 0 aliphatic carbocycles. The molecule has 0 aromatic heterocycles. The Hall–Kier alpha value is -2.30. The molecule has 29 heavy (non-hydrogen) atoms. The molecular formula is C18H13BrF7NO2. The number of benzene rings is 2. The number of halogens is 8. The summed E-state index contributed by atoms with van der Waals surface area (Å²) in [5.41, 5.74) is -0.597. The van der Waals surface area contributed by atoms with Crippen molar-refractivity contribution >= 4 is 27.4 Å². The smallest absolute Gasteiger partial charge is 0.426 e. The number of carbonyl (C=O) groups is 1. The first-order valence-corrected chi connectivity index (χ1v) is 8.65. The van der Waals surface area contributed by atoms with Gasteiger partial charge < -0.3 is 10.5 Å². The van der Waals surface area contributed by atoms with Gasteiger partial charge in [-0.25, -0.2) is 8.78 Å². The van der Waals surface area contributed by atoms with Gasteiger partial charge in [-0.05, 0) is 31.2 Å². The summed E-state index contributed by atoms with van der Waals surface area (Å²) >= 11 is 2.85. The van der Waals surface area contributed by atoms with Gasteiger partial charge in [-0.2, -0.15) is 22.0 Å². The molecule has 2 aromatic carbocycles. The molecule has 0 bridgehead atoms. The molecule has 0 heterocycles. The topological polar surface area (TPSA) is 52.3 Å². The van der Waals surface area contributed by atoms with Gasteiger partial charge in [0.15, 0.2) is 11.6 Å². The normalized spacial score (nSPS) is 14.0. The number of alkyl halides is 6. The summed E-state index contributed by atoms with van der Waals surface area (Å²) in [6.07, 6.45) is -6.06. The fraction of sp³-hybridized carbons (Fsp3) is 0.278. The van der Waals surface area contributed by atoms with Crippen LogP contribution in [0.25, 0.3) is 0 Å². The van der Waals surface area contributed by atoms with E-state index >= 15 is 0 Å². The first kappa shape index (κ1) is 23.0. The van der Waals surface area contributed by atoms with E-state index in [-0.39, 0.29) is 22.6 Å². The first-order valence-electron chi connectivity index (χ1n) is 7.86. The van der Waals surface area contributed by atoms with Gasteiger partial charge in [0.2, 0.25) is 5.67 Å². The molecule has 2 aromatic rings. The van der Waals surface area contributed by atoms with E-state index in [9.17, 15) is 35.5 Å². The van der Waals surface area contributed by atoms with Crippen LogP contribution in [0.5, 0.6) is 5.75 Å². The first-order chi connectivity index (χ1) is 13.3. The standard InChI is InChI=1S/C18H13BrF7NO2/c1-17(23,18(24,25)26)8-5-11(19)10(14(6-8)29-16(21)22)7-13(28)9-3-2-4-12(27)15(9)20/h2-6,16H,7,27H2,1H3. The third kappa shape index (κ3) is 4.82. The lowest BCUT2D eigenvalue weighted by atomic mass is 9.93. The van der Waals surface area contributed by atoms with E-state index < -0.39 is 53.4 Å². The van der Waals surface area contributed by atoms with Crippen LogP contribution in [-0.4, -0.2) is 18.6 Å².